The Labute approximate surface area is 112 Å². The highest BCUT2D eigenvalue weighted by Gasteiger charge is 2.28. The highest BCUT2D eigenvalue weighted by atomic mass is 16.5. The van der Waals surface area contributed by atoms with Gasteiger partial charge >= 0.3 is 5.97 Å². The van der Waals surface area contributed by atoms with E-state index in [0.717, 1.165) is 10.8 Å². The molecule has 1 aromatic heterocycles. The molecule has 0 fully saturated rings. The summed E-state index contributed by atoms with van der Waals surface area (Å²) in [5, 5.41) is 12.3. The fourth-order valence-electron chi connectivity index (χ4n) is 2.26. The van der Waals surface area contributed by atoms with Crippen molar-refractivity contribution in [2.75, 3.05) is 7.11 Å². The summed E-state index contributed by atoms with van der Waals surface area (Å²) in [6, 6.07) is 7.66. The molecule has 0 saturated heterocycles. The number of aliphatic hydroxyl groups is 1. The third-order valence-electron chi connectivity index (χ3n) is 3.34. The molecule has 0 bridgehead atoms. The summed E-state index contributed by atoms with van der Waals surface area (Å²) in [7, 11) is 1.33. The predicted molar refractivity (Wildman–Crippen MR) is 72.5 cm³/mol. The lowest BCUT2D eigenvalue weighted by molar-refractivity contribution is -0.149. The number of ether oxygens (including phenoxy) is 1. The number of esters is 1. The highest BCUT2D eigenvalue weighted by molar-refractivity contribution is 5.85. The molecule has 0 aliphatic heterocycles. The Bertz CT molecular complexity index is 577. The van der Waals surface area contributed by atoms with E-state index in [1.807, 2.05) is 31.2 Å². The first-order valence-electron chi connectivity index (χ1n) is 6.27. The van der Waals surface area contributed by atoms with Crippen molar-refractivity contribution in [1.82, 2.24) is 4.98 Å². The number of carbonyl (C=O) groups is 1. The van der Waals surface area contributed by atoms with Crippen molar-refractivity contribution in [3.8, 4) is 0 Å². The third kappa shape index (κ3) is 2.58. The average Bonchev–Trinajstić information content (AvgIpc) is 2.47. The summed E-state index contributed by atoms with van der Waals surface area (Å²) in [6.07, 6.45) is 2.95. The molecule has 1 N–H and O–H groups in total. The summed E-state index contributed by atoms with van der Waals surface area (Å²) in [4.78, 5) is 15.8. The van der Waals surface area contributed by atoms with Crippen LogP contribution >= 0.6 is 0 Å². The minimum absolute atomic E-state index is 0.400. The van der Waals surface area contributed by atoms with Crippen molar-refractivity contribution < 1.29 is 14.6 Å². The van der Waals surface area contributed by atoms with E-state index >= 15 is 0 Å². The van der Waals surface area contributed by atoms with Gasteiger partial charge in [0, 0.05) is 23.3 Å². The molecule has 2 atom stereocenters. The fourth-order valence-corrected chi connectivity index (χ4v) is 2.26. The van der Waals surface area contributed by atoms with E-state index in [1.54, 1.807) is 12.4 Å². The summed E-state index contributed by atoms with van der Waals surface area (Å²) in [5.74, 6) is -0.972. The second kappa shape index (κ2) is 5.80. The molecule has 4 heteroatoms. The Morgan fingerprint density at radius 2 is 2.11 bits per heavy atom. The van der Waals surface area contributed by atoms with Gasteiger partial charge in [0.2, 0.25) is 0 Å². The van der Waals surface area contributed by atoms with Gasteiger partial charge in [0.05, 0.1) is 19.1 Å². The van der Waals surface area contributed by atoms with Crippen LogP contribution in [0.3, 0.4) is 0 Å². The first kappa shape index (κ1) is 13.5. The van der Waals surface area contributed by atoms with Crippen molar-refractivity contribution in [2.45, 2.75) is 19.4 Å². The van der Waals surface area contributed by atoms with Crippen molar-refractivity contribution in [2.24, 2.45) is 5.92 Å². The van der Waals surface area contributed by atoms with Crippen LogP contribution in [0, 0.1) is 5.92 Å². The zero-order valence-corrected chi connectivity index (χ0v) is 11.0. The molecule has 0 saturated carbocycles. The van der Waals surface area contributed by atoms with Gasteiger partial charge < -0.3 is 9.84 Å². The number of fused-ring (bicyclic) bond motifs is 1. The molecule has 0 radical (unpaired) electrons. The van der Waals surface area contributed by atoms with Gasteiger partial charge in [0.15, 0.2) is 0 Å². The number of rotatable bonds is 4. The molecule has 2 unspecified atom stereocenters. The first-order chi connectivity index (χ1) is 9.19. The molecular formula is C15H17NO3. The van der Waals surface area contributed by atoms with Crippen molar-refractivity contribution in [3.05, 3.63) is 42.2 Å². The van der Waals surface area contributed by atoms with Gasteiger partial charge in [-0.05, 0) is 11.8 Å². The van der Waals surface area contributed by atoms with E-state index in [2.05, 4.69) is 4.98 Å². The van der Waals surface area contributed by atoms with E-state index in [4.69, 9.17) is 4.74 Å². The zero-order chi connectivity index (χ0) is 13.8. The van der Waals surface area contributed by atoms with Crippen LogP contribution in [0.5, 0.6) is 0 Å². The van der Waals surface area contributed by atoms with Gasteiger partial charge in [-0.25, -0.2) is 0 Å². The van der Waals surface area contributed by atoms with E-state index < -0.39 is 18.0 Å². The van der Waals surface area contributed by atoms with Crippen LogP contribution in [0.15, 0.2) is 36.7 Å². The monoisotopic (exact) mass is 259 g/mol. The maximum Gasteiger partial charge on any atom is 0.311 e. The minimum atomic E-state index is -0.906. The van der Waals surface area contributed by atoms with E-state index in [9.17, 15) is 9.90 Å². The van der Waals surface area contributed by atoms with Crippen LogP contribution in [0.1, 0.15) is 25.0 Å². The topological polar surface area (TPSA) is 59.4 Å². The van der Waals surface area contributed by atoms with Crippen LogP contribution in [-0.2, 0) is 9.53 Å². The largest absolute Gasteiger partial charge is 0.469 e. The van der Waals surface area contributed by atoms with Crippen LogP contribution < -0.4 is 0 Å². The Kier molecular flexibility index (Phi) is 4.12. The standard InChI is InChI=1S/C15H17NO3/c1-3-11(15(18)19-2)14(17)13-9-16-8-10-6-4-5-7-12(10)13/h4-9,11,14,17H,3H2,1-2H3. The Morgan fingerprint density at radius 3 is 2.79 bits per heavy atom. The fraction of sp³-hybridized carbons (Fsp3) is 0.333. The molecule has 0 aliphatic rings. The minimum Gasteiger partial charge on any atom is -0.469 e. The zero-order valence-electron chi connectivity index (χ0n) is 11.0. The molecular weight excluding hydrogens is 242 g/mol. The SMILES string of the molecule is CCC(C(=O)OC)C(O)c1cncc2ccccc12. The molecule has 1 aromatic carbocycles. The molecule has 2 aromatic rings. The maximum absolute atomic E-state index is 11.7. The molecule has 2 rings (SSSR count). The van der Waals surface area contributed by atoms with Crippen LogP contribution in [0.2, 0.25) is 0 Å². The van der Waals surface area contributed by atoms with Gasteiger partial charge in [-0.1, -0.05) is 31.2 Å². The van der Waals surface area contributed by atoms with Crippen LogP contribution in [0.4, 0.5) is 0 Å². The first-order valence-corrected chi connectivity index (χ1v) is 6.27. The molecule has 0 spiro atoms. The van der Waals surface area contributed by atoms with E-state index in [1.165, 1.54) is 7.11 Å². The average molecular weight is 259 g/mol. The normalized spacial score (nSPS) is 14.1. The molecule has 1 heterocycles. The number of hydrogen-bond donors (Lipinski definition) is 1. The number of hydrogen-bond acceptors (Lipinski definition) is 4. The van der Waals surface area contributed by atoms with Gasteiger partial charge in [0.1, 0.15) is 0 Å². The highest BCUT2D eigenvalue weighted by Crippen LogP contribution is 2.30. The molecule has 100 valence electrons. The third-order valence-corrected chi connectivity index (χ3v) is 3.34. The van der Waals surface area contributed by atoms with Crippen molar-refractivity contribution in [3.63, 3.8) is 0 Å². The smallest absolute Gasteiger partial charge is 0.311 e. The van der Waals surface area contributed by atoms with Gasteiger partial charge in [-0.15, -0.1) is 0 Å². The molecule has 0 aliphatic carbocycles. The lowest BCUT2D eigenvalue weighted by Gasteiger charge is -2.20. The number of pyridine rings is 1. The van der Waals surface area contributed by atoms with Gasteiger partial charge in [-0.2, -0.15) is 0 Å². The second-order valence-electron chi connectivity index (χ2n) is 4.43. The summed E-state index contributed by atoms with van der Waals surface area (Å²) in [6.45, 7) is 1.85. The van der Waals surface area contributed by atoms with E-state index in [0.29, 0.717) is 12.0 Å². The molecule has 4 nitrogen and oxygen atoms in total. The van der Waals surface area contributed by atoms with E-state index in [-0.39, 0.29) is 0 Å². The number of carbonyl (C=O) groups excluding carboxylic acids is 1. The summed E-state index contributed by atoms with van der Waals surface area (Å²) >= 11 is 0. The number of methoxy groups -OCH3 is 1. The maximum atomic E-state index is 11.7. The number of benzene rings is 1. The summed E-state index contributed by atoms with van der Waals surface area (Å²) < 4.78 is 4.74. The number of aliphatic hydroxyl groups excluding tert-OH is 1. The van der Waals surface area contributed by atoms with Crippen LogP contribution in [-0.4, -0.2) is 23.2 Å². The van der Waals surface area contributed by atoms with Crippen LogP contribution in [0.25, 0.3) is 10.8 Å². The number of nitrogens with zero attached hydrogens (tertiary/aromatic N) is 1. The Balaban J connectivity index is 2.46. The summed E-state index contributed by atoms with van der Waals surface area (Å²) in [5.41, 5.74) is 0.662. The van der Waals surface area contributed by atoms with Crippen molar-refractivity contribution >= 4 is 16.7 Å². The molecule has 0 amide bonds. The van der Waals surface area contributed by atoms with Gasteiger partial charge in [-0.3, -0.25) is 9.78 Å². The lowest BCUT2D eigenvalue weighted by atomic mass is 9.92. The predicted octanol–water partition coefficient (Wildman–Crippen LogP) is 2.47. The van der Waals surface area contributed by atoms with Gasteiger partial charge in [0.25, 0.3) is 0 Å². The lowest BCUT2D eigenvalue weighted by Crippen LogP contribution is -2.23. The Hall–Kier alpha value is -1.94. The van der Waals surface area contributed by atoms with Crippen molar-refractivity contribution in [1.29, 1.82) is 0 Å². The second-order valence-corrected chi connectivity index (χ2v) is 4.43. The number of aromatic nitrogens is 1. The quantitative estimate of drug-likeness (QED) is 0.857. The molecule has 19 heavy (non-hydrogen) atoms. The Morgan fingerprint density at radius 1 is 1.37 bits per heavy atom.